The van der Waals surface area contributed by atoms with Crippen LogP contribution in [0.5, 0.6) is 5.75 Å². The normalized spacial score (nSPS) is 10.9. The molecule has 0 aliphatic rings. The van der Waals surface area contributed by atoms with Crippen LogP contribution in [-0.4, -0.2) is 27.1 Å². The smallest absolute Gasteiger partial charge is 0.257 e. The number of amides is 1. The molecule has 0 saturated heterocycles. The minimum Gasteiger partial charge on any atom is -0.491 e. The molecule has 0 spiro atoms. The number of nitrogens with one attached hydrogen (secondary N) is 3. The zero-order valence-electron chi connectivity index (χ0n) is 18.4. The molecule has 0 aliphatic heterocycles. The molecule has 3 N–H and O–H groups in total. The summed E-state index contributed by atoms with van der Waals surface area (Å²) >= 11 is 11.5. The number of halogens is 1. The van der Waals surface area contributed by atoms with Crippen LogP contribution in [0.3, 0.4) is 0 Å². The third-order valence-corrected chi connectivity index (χ3v) is 5.48. The number of aromatic nitrogens is 2. The van der Waals surface area contributed by atoms with Gasteiger partial charge in [0.2, 0.25) is 0 Å². The highest BCUT2D eigenvalue weighted by atomic mass is 35.5. The first-order valence-corrected chi connectivity index (χ1v) is 11.2. The first kappa shape index (κ1) is 22.8. The topological polar surface area (TPSA) is 79.0 Å². The Kier molecular flexibility index (Phi) is 6.62. The number of nitrogens with zero attached hydrogens (tertiary/aromatic N) is 1. The Balaban J connectivity index is 1.41. The number of aryl methyl sites for hydroxylation is 1. The van der Waals surface area contributed by atoms with Gasteiger partial charge in [-0.25, -0.2) is 4.98 Å². The Morgan fingerprint density at radius 2 is 1.88 bits per heavy atom. The Labute approximate surface area is 202 Å². The van der Waals surface area contributed by atoms with Crippen molar-refractivity contribution in [3.05, 3.63) is 76.8 Å². The van der Waals surface area contributed by atoms with Gasteiger partial charge in [0.15, 0.2) is 5.11 Å². The Bertz CT molecular complexity index is 1290. The number of hydrogen-bond acceptors (Lipinski definition) is 4. The number of imidazole rings is 1. The molecule has 1 aromatic heterocycles. The molecule has 1 heterocycles. The highest BCUT2D eigenvalue weighted by molar-refractivity contribution is 7.80. The van der Waals surface area contributed by atoms with E-state index in [9.17, 15) is 4.79 Å². The quantitative estimate of drug-likeness (QED) is 0.302. The Hall–Kier alpha value is -3.42. The first-order chi connectivity index (χ1) is 15.8. The summed E-state index contributed by atoms with van der Waals surface area (Å²) in [6, 6.07) is 18.4. The van der Waals surface area contributed by atoms with Crippen molar-refractivity contribution in [1.29, 1.82) is 0 Å². The van der Waals surface area contributed by atoms with E-state index in [1.165, 1.54) is 0 Å². The van der Waals surface area contributed by atoms with Crippen LogP contribution in [0.15, 0.2) is 60.7 Å². The molecule has 0 unspecified atom stereocenters. The molecule has 4 rings (SSSR count). The average molecular weight is 479 g/mol. The number of benzene rings is 3. The lowest BCUT2D eigenvalue weighted by molar-refractivity contribution is 0.0977. The molecule has 0 bridgehead atoms. The third kappa shape index (κ3) is 5.50. The van der Waals surface area contributed by atoms with Gasteiger partial charge in [0.05, 0.1) is 17.1 Å². The number of thiocarbonyl (C=S) groups is 1. The van der Waals surface area contributed by atoms with Crippen LogP contribution in [0.2, 0.25) is 5.02 Å². The second kappa shape index (κ2) is 9.60. The lowest BCUT2D eigenvalue weighted by atomic mass is 10.2. The zero-order chi connectivity index (χ0) is 23.5. The maximum atomic E-state index is 12.5. The van der Waals surface area contributed by atoms with Crippen LogP contribution in [-0.2, 0) is 0 Å². The summed E-state index contributed by atoms with van der Waals surface area (Å²) in [5.74, 6) is 1.07. The second-order valence-electron chi connectivity index (χ2n) is 7.88. The summed E-state index contributed by atoms with van der Waals surface area (Å²) in [6.45, 7) is 5.82. The molecule has 8 heteroatoms. The molecular formula is C25H23ClN4O2S. The number of ether oxygens (including phenoxy) is 1. The first-order valence-electron chi connectivity index (χ1n) is 10.4. The predicted octanol–water partition coefficient (Wildman–Crippen LogP) is 6.11. The van der Waals surface area contributed by atoms with Crippen LogP contribution in [0, 0.1) is 6.92 Å². The van der Waals surface area contributed by atoms with Crippen molar-refractivity contribution < 1.29 is 9.53 Å². The van der Waals surface area contributed by atoms with E-state index in [0.717, 1.165) is 33.7 Å². The van der Waals surface area contributed by atoms with Crippen molar-refractivity contribution in [2.75, 3.05) is 5.32 Å². The van der Waals surface area contributed by atoms with Gasteiger partial charge in [0.1, 0.15) is 11.6 Å². The number of anilines is 1. The minimum atomic E-state index is -0.311. The van der Waals surface area contributed by atoms with E-state index >= 15 is 0 Å². The van der Waals surface area contributed by atoms with Gasteiger partial charge in [-0.1, -0.05) is 17.7 Å². The van der Waals surface area contributed by atoms with Crippen LogP contribution >= 0.6 is 23.8 Å². The van der Waals surface area contributed by atoms with Crippen molar-refractivity contribution in [2.45, 2.75) is 26.9 Å². The number of H-pyrrole nitrogens is 1. The van der Waals surface area contributed by atoms with Gasteiger partial charge in [-0.2, -0.15) is 0 Å². The monoisotopic (exact) mass is 478 g/mol. The zero-order valence-corrected chi connectivity index (χ0v) is 20.0. The molecule has 1 amide bonds. The highest BCUT2D eigenvalue weighted by Crippen LogP contribution is 2.26. The molecule has 4 aromatic rings. The van der Waals surface area contributed by atoms with Gasteiger partial charge in [0, 0.05) is 21.8 Å². The van der Waals surface area contributed by atoms with Crippen molar-refractivity contribution in [1.82, 2.24) is 15.3 Å². The molecule has 0 atom stereocenters. The SMILES string of the molecule is Cc1cc2[nH]c(-c3ccc(NC(=S)NC(=O)c4cccc(OC(C)C)c4)cc3)nc2cc1Cl. The maximum absolute atomic E-state index is 12.5. The highest BCUT2D eigenvalue weighted by Gasteiger charge is 2.11. The number of aromatic amines is 1. The van der Waals surface area contributed by atoms with Gasteiger partial charge in [-0.05, 0) is 93.1 Å². The van der Waals surface area contributed by atoms with E-state index in [2.05, 4.69) is 20.6 Å². The lowest BCUT2D eigenvalue weighted by Gasteiger charge is -2.12. The molecule has 0 radical (unpaired) electrons. The van der Waals surface area contributed by atoms with E-state index in [-0.39, 0.29) is 17.1 Å². The third-order valence-electron chi connectivity index (χ3n) is 4.87. The lowest BCUT2D eigenvalue weighted by Crippen LogP contribution is -2.34. The van der Waals surface area contributed by atoms with E-state index in [4.69, 9.17) is 28.6 Å². The van der Waals surface area contributed by atoms with Crippen LogP contribution < -0.4 is 15.4 Å². The molecule has 168 valence electrons. The van der Waals surface area contributed by atoms with Crippen molar-refractivity contribution >= 4 is 51.6 Å². The number of carbonyl (C=O) groups excluding carboxylic acids is 1. The standard InChI is InChI=1S/C25H23ClN4O2S/c1-14(2)32-19-6-4-5-17(12-19)24(31)30-25(33)27-18-9-7-16(8-10-18)23-28-21-11-15(3)20(26)13-22(21)29-23/h4-14H,1-3H3,(H,28,29)(H2,27,30,31,33). The summed E-state index contributed by atoms with van der Waals surface area (Å²) in [7, 11) is 0. The molecule has 33 heavy (non-hydrogen) atoms. The van der Waals surface area contributed by atoms with Gasteiger partial charge in [-0.3, -0.25) is 10.1 Å². The van der Waals surface area contributed by atoms with Crippen LogP contribution in [0.25, 0.3) is 22.4 Å². The van der Waals surface area contributed by atoms with E-state index in [1.807, 2.05) is 63.2 Å². The molecular weight excluding hydrogens is 456 g/mol. The summed E-state index contributed by atoms with van der Waals surface area (Å²) < 4.78 is 5.64. The molecule has 6 nitrogen and oxygen atoms in total. The number of fused-ring (bicyclic) bond motifs is 1. The maximum Gasteiger partial charge on any atom is 0.257 e. The fraction of sp³-hybridized carbons (Fsp3) is 0.160. The van der Waals surface area contributed by atoms with E-state index in [1.54, 1.807) is 18.2 Å². The second-order valence-corrected chi connectivity index (χ2v) is 8.70. The van der Waals surface area contributed by atoms with Gasteiger partial charge < -0.3 is 15.0 Å². The Morgan fingerprint density at radius 3 is 2.61 bits per heavy atom. The fourth-order valence-corrected chi connectivity index (χ4v) is 3.68. The van der Waals surface area contributed by atoms with Crippen LogP contribution in [0.1, 0.15) is 29.8 Å². The molecule has 0 aliphatic carbocycles. The molecule has 3 aromatic carbocycles. The molecule has 0 fully saturated rings. The van der Waals surface area contributed by atoms with Crippen molar-refractivity contribution in [3.63, 3.8) is 0 Å². The number of rotatable bonds is 5. The fourth-order valence-electron chi connectivity index (χ4n) is 3.31. The summed E-state index contributed by atoms with van der Waals surface area (Å²) in [5, 5.41) is 6.62. The largest absolute Gasteiger partial charge is 0.491 e. The van der Waals surface area contributed by atoms with Gasteiger partial charge in [-0.15, -0.1) is 0 Å². The van der Waals surface area contributed by atoms with Crippen LogP contribution in [0.4, 0.5) is 5.69 Å². The Morgan fingerprint density at radius 1 is 1.12 bits per heavy atom. The van der Waals surface area contributed by atoms with Crippen molar-refractivity contribution in [2.24, 2.45) is 0 Å². The van der Waals surface area contributed by atoms with E-state index in [0.29, 0.717) is 16.3 Å². The van der Waals surface area contributed by atoms with Crippen molar-refractivity contribution in [3.8, 4) is 17.1 Å². The minimum absolute atomic E-state index is 0.0236. The van der Waals surface area contributed by atoms with E-state index < -0.39 is 0 Å². The summed E-state index contributed by atoms with van der Waals surface area (Å²) in [6.07, 6.45) is 0.0236. The summed E-state index contributed by atoms with van der Waals surface area (Å²) in [4.78, 5) is 20.5. The number of carbonyl (C=O) groups is 1. The summed E-state index contributed by atoms with van der Waals surface area (Å²) in [5.41, 5.74) is 4.87. The number of hydrogen-bond donors (Lipinski definition) is 3. The van der Waals surface area contributed by atoms with Gasteiger partial charge in [0.25, 0.3) is 5.91 Å². The molecule has 0 saturated carbocycles. The predicted molar refractivity (Wildman–Crippen MR) is 137 cm³/mol. The van der Waals surface area contributed by atoms with Gasteiger partial charge >= 0.3 is 0 Å². The average Bonchev–Trinajstić information content (AvgIpc) is 3.16.